The van der Waals surface area contributed by atoms with Gasteiger partial charge in [-0.3, -0.25) is 20.4 Å². The maximum atomic E-state index is 12.0. The van der Waals surface area contributed by atoms with Crippen LogP contribution in [0.5, 0.6) is 5.75 Å². The molecule has 0 aliphatic rings. The van der Waals surface area contributed by atoms with Crippen LogP contribution in [-0.4, -0.2) is 18.4 Å². The molecule has 2 aromatic rings. The molecule has 0 aliphatic carbocycles. The Bertz CT molecular complexity index is 719. The van der Waals surface area contributed by atoms with Crippen molar-refractivity contribution in [2.45, 2.75) is 19.8 Å². The van der Waals surface area contributed by atoms with Gasteiger partial charge >= 0.3 is 0 Å². The molecule has 0 fully saturated rings. The average molecular weight is 391 g/mol. The van der Waals surface area contributed by atoms with Crippen molar-refractivity contribution >= 4 is 27.7 Å². The van der Waals surface area contributed by atoms with Crippen LogP contribution in [0.4, 0.5) is 0 Å². The van der Waals surface area contributed by atoms with Crippen LogP contribution in [0.1, 0.15) is 28.8 Å². The van der Waals surface area contributed by atoms with E-state index in [2.05, 4.69) is 26.8 Å². The second kappa shape index (κ2) is 9.08. The maximum Gasteiger partial charge on any atom is 0.269 e. The molecule has 0 aromatic heterocycles. The Labute approximate surface area is 149 Å². The lowest BCUT2D eigenvalue weighted by atomic mass is 10.1. The van der Waals surface area contributed by atoms with Crippen LogP contribution in [0.25, 0.3) is 0 Å². The highest BCUT2D eigenvalue weighted by atomic mass is 79.9. The Balaban J connectivity index is 1.68. The van der Waals surface area contributed by atoms with E-state index in [1.165, 1.54) is 0 Å². The normalized spacial score (nSPS) is 10.1. The van der Waals surface area contributed by atoms with Gasteiger partial charge in [0.05, 0.1) is 11.1 Å². The zero-order chi connectivity index (χ0) is 17.4. The van der Waals surface area contributed by atoms with E-state index < -0.39 is 0 Å². The molecule has 2 N–H and O–H groups in total. The van der Waals surface area contributed by atoms with Crippen molar-refractivity contribution in [3.8, 4) is 5.75 Å². The number of rotatable bonds is 6. The van der Waals surface area contributed by atoms with Crippen molar-refractivity contribution in [1.29, 1.82) is 0 Å². The van der Waals surface area contributed by atoms with Gasteiger partial charge in [0.15, 0.2) is 0 Å². The van der Waals surface area contributed by atoms with E-state index >= 15 is 0 Å². The number of carbonyl (C=O) groups excluding carboxylic acids is 2. The molecule has 24 heavy (non-hydrogen) atoms. The summed E-state index contributed by atoms with van der Waals surface area (Å²) in [6.07, 6.45) is 0.811. The summed E-state index contributed by atoms with van der Waals surface area (Å²) in [5.74, 6) is 0.157. The highest BCUT2D eigenvalue weighted by molar-refractivity contribution is 9.10. The molecule has 2 aromatic carbocycles. The fourth-order valence-corrected chi connectivity index (χ4v) is 2.46. The number of nitrogens with one attached hydrogen (secondary N) is 2. The van der Waals surface area contributed by atoms with Crippen LogP contribution in [0.3, 0.4) is 0 Å². The van der Waals surface area contributed by atoms with Crippen LogP contribution in [-0.2, 0) is 4.79 Å². The second-order valence-corrected chi connectivity index (χ2v) is 6.05. The molecule has 0 bridgehead atoms. The number of hydrazine groups is 1. The van der Waals surface area contributed by atoms with Crippen molar-refractivity contribution < 1.29 is 14.3 Å². The first kappa shape index (κ1) is 18.0. The zero-order valence-corrected chi connectivity index (χ0v) is 14.9. The number of halogens is 1. The van der Waals surface area contributed by atoms with Crippen molar-refractivity contribution in [3.63, 3.8) is 0 Å². The number of amides is 2. The average Bonchev–Trinajstić information content (AvgIpc) is 2.58. The zero-order valence-electron chi connectivity index (χ0n) is 13.3. The number of para-hydroxylation sites is 1. The number of hydrogen-bond donors (Lipinski definition) is 2. The third-order valence-corrected chi connectivity index (χ3v) is 4.00. The second-order valence-electron chi connectivity index (χ2n) is 5.20. The minimum Gasteiger partial charge on any atom is -0.492 e. The topological polar surface area (TPSA) is 67.4 Å². The molecule has 0 saturated heterocycles. The summed E-state index contributed by atoms with van der Waals surface area (Å²) < 4.78 is 6.46. The SMILES string of the molecule is Cc1ccccc1C(=O)NNC(=O)CCCOc1ccccc1Br. The number of benzene rings is 2. The molecular formula is C18H19BrN2O3. The summed E-state index contributed by atoms with van der Waals surface area (Å²) in [5.41, 5.74) is 6.23. The van der Waals surface area contributed by atoms with Gasteiger partial charge in [0, 0.05) is 12.0 Å². The van der Waals surface area contributed by atoms with Gasteiger partial charge in [0.25, 0.3) is 5.91 Å². The molecule has 0 aliphatic heterocycles. The summed E-state index contributed by atoms with van der Waals surface area (Å²) in [6, 6.07) is 14.7. The van der Waals surface area contributed by atoms with Crippen molar-refractivity contribution in [2.75, 3.05) is 6.61 Å². The monoisotopic (exact) mass is 390 g/mol. The Morgan fingerprint density at radius 1 is 1.04 bits per heavy atom. The van der Waals surface area contributed by atoms with Crippen LogP contribution in [0.2, 0.25) is 0 Å². The molecule has 5 nitrogen and oxygen atoms in total. The summed E-state index contributed by atoms with van der Waals surface area (Å²) >= 11 is 3.39. The maximum absolute atomic E-state index is 12.0. The number of hydrogen-bond acceptors (Lipinski definition) is 3. The Kier molecular flexibility index (Phi) is 6.81. The fourth-order valence-electron chi connectivity index (χ4n) is 2.06. The number of carbonyl (C=O) groups is 2. The molecule has 126 valence electrons. The van der Waals surface area contributed by atoms with Crippen molar-refractivity contribution in [1.82, 2.24) is 10.9 Å². The number of ether oxygens (including phenoxy) is 1. The van der Waals surface area contributed by atoms with Crippen LogP contribution >= 0.6 is 15.9 Å². The Morgan fingerprint density at radius 3 is 2.50 bits per heavy atom. The lowest BCUT2D eigenvalue weighted by Crippen LogP contribution is -2.41. The lowest BCUT2D eigenvalue weighted by molar-refractivity contribution is -0.122. The molecule has 0 spiro atoms. The number of aryl methyl sites for hydroxylation is 1. The summed E-state index contributed by atoms with van der Waals surface area (Å²) in [7, 11) is 0. The molecule has 0 radical (unpaired) electrons. The molecule has 2 rings (SSSR count). The van der Waals surface area contributed by atoms with Gasteiger partial charge in [-0.25, -0.2) is 0 Å². The van der Waals surface area contributed by atoms with Gasteiger partial charge in [-0.1, -0.05) is 30.3 Å². The van der Waals surface area contributed by atoms with Gasteiger partial charge < -0.3 is 4.74 Å². The van der Waals surface area contributed by atoms with E-state index in [-0.39, 0.29) is 18.2 Å². The predicted octanol–water partition coefficient (Wildman–Crippen LogP) is 3.38. The van der Waals surface area contributed by atoms with E-state index in [0.717, 1.165) is 15.8 Å². The molecule has 2 amide bonds. The van der Waals surface area contributed by atoms with Gasteiger partial charge in [-0.05, 0) is 53.0 Å². The highest BCUT2D eigenvalue weighted by Gasteiger charge is 2.09. The summed E-state index contributed by atoms with van der Waals surface area (Å²) in [6.45, 7) is 2.26. The Morgan fingerprint density at radius 2 is 1.75 bits per heavy atom. The fraction of sp³-hybridized carbons (Fsp3) is 0.222. The third kappa shape index (κ3) is 5.38. The van der Waals surface area contributed by atoms with E-state index in [1.807, 2.05) is 43.3 Å². The van der Waals surface area contributed by atoms with Crippen LogP contribution < -0.4 is 15.6 Å². The van der Waals surface area contributed by atoms with Gasteiger partial charge in [-0.15, -0.1) is 0 Å². The van der Waals surface area contributed by atoms with E-state index in [4.69, 9.17) is 4.74 Å². The van der Waals surface area contributed by atoms with Crippen LogP contribution in [0.15, 0.2) is 53.0 Å². The quantitative estimate of drug-likeness (QED) is 0.586. The third-order valence-electron chi connectivity index (χ3n) is 3.35. The molecular weight excluding hydrogens is 372 g/mol. The standard InChI is InChI=1S/C18H19BrN2O3/c1-13-7-2-3-8-14(13)18(23)21-20-17(22)11-6-12-24-16-10-5-4-9-15(16)19/h2-5,7-10H,6,11-12H2,1H3,(H,20,22)(H,21,23). The van der Waals surface area contributed by atoms with E-state index in [9.17, 15) is 9.59 Å². The van der Waals surface area contributed by atoms with Gasteiger partial charge in [0.2, 0.25) is 5.91 Å². The first-order chi connectivity index (χ1) is 11.6. The van der Waals surface area contributed by atoms with Crippen molar-refractivity contribution in [3.05, 3.63) is 64.1 Å². The first-order valence-corrected chi connectivity index (χ1v) is 8.39. The molecule has 0 unspecified atom stereocenters. The lowest BCUT2D eigenvalue weighted by Gasteiger charge is -2.10. The summed E-state index contributed by atoms with van der Waals surface area (Å²) in [4.78, 5) is 23.7. The minimum atomic E-state index is -0.328. The predicted molar refractivity (Wildman–Crippen MR) is 95.7 cm³/mol. The molecule has 0 saturated carbocycles. The van der Waals surface area contributed by atoms with Gasteiger partial charge in [-0.2, -0.15) is 0 Å². The van der Waals surface area contributed by atoms with Gasteiger partial charge in [0.1, 0.15) is 5.75 Å². The van der Waals surface area contributed by atoms with E-state index in [0.29, 0.717) is 18.6 Å². The van der Waals surface area contributed by atoms with Crippen LogP contribution in [0, 0.1) is 6.92 Å². The highest BCUT2D eigenvalue weighted by Crippen LogP contribution is 2.23. The Hall–Kier alpha value is -2.34. The molecule has 6 heteroatoms. The van der Waals surface area contributed by atoms with Crippen molar-refractivity contribution in [2.24, 2.45) is 0 Å². The smallest absolute Gasteiger partial charge is 0.269 e. The first-order valence-electron chi connectivity index (χ1n) is 7.60. The largest absolute Gasteiger partial charge is 0.492 e. The molecule has 0 atom stereocenters. The summed E-state index contributed by atoms with van der Waals surface area (Å²) in [5, 5.41) is 0. The van der Waals surface area contributed by atoms with E-state index in [1.54, 1.807) is 12.1 Å². The molecule has 0 heterocycles. The minimum absolute atomic E-state index is 0.257.